The smallest absolute Gasteiger partial charge is 0.341 e. The Labute approximate surface area is 133 Å². The Morgan fingerprint density at radius 1 is 1.00 bits per heavy atom. The molecule has 0 atom stereocenters. The first kappa shape index (κ1) is 17.9. The van der Waals surface area contributed by atoms with Crippen molar-refractivity contribution in [3.05, 3.63) is 29.8 Å². The molecule has 0 heterocycles. The van der Waals surface area contributed by atoms with Crippen molar-refractivity contribution in [3.63, 3.8) is 0 Å². The van der Waals surface area contributed by atoms with Crippen LogP contribution in [0.5, 0.6) is 5.75 Å². The molecule has 0 unspecified atom stereocenters. The zero-order valence-corrected chi connectivity index (χ0v) is 13.7. The second kappa shape index (κ2) is 11.5. The normalized spacial score (nSPS) is 10.4. The molecule has 21 heavy (non-hydrogen) atoms. The number of carbonyl (C=O) groups is 1. The second-order valence-electron chi connectivity index (χ2n) is 5.03. The molecule has 0 spiro atoms. The molecule has 0 saturated carbocycles. The number of unbranched alkanes of at least 4 members (excludes halogenated alkanes) is 6. The molecule has 0 aromatic heterocycles. The summed E-state index contributed by atoms with van der Waals surface area (Å²) in [5, 5.41) is 0. The third-order valence-electron chi connectivity index (χ3n) is 3.35. The van der Waals surface area contributed by atoms with E-state index in [0.29, 0.717) is 17.9 Å². The number of para-hydroxylation sites is 1. The van der Waals surface area contributed by atoms with Crippen molar-refractivity contribution in [1.82, 2.24) is 0 Å². The van der Waals surface area contributed by atoms with Crippen LogP contribution in [0, 0.1) is 0 Å². The third kappa shape index (κ3) is 7.42. The van der Waals surface area contributed by atoms with Crippen molar-refractivity contribution >= 4 is 18.6 Å². The first-order valence-corrected chi connectivity index (χ1v) is 8.34. The molecular formula is C17H26O3S. The Balaban J connectivity index is 2.17. The second-order valence-corrected chi connectivity index (χ2v) is 5.48. The van der Waals surface area contributed by atoms with Gasteiger partial charge >= 0.3 is 5.97 Å². The SMILES string of the molecule is COC(=O)c1ccccc1OCCCCCCCCCS. The van der Waals surface area contributed by atoms with Crippen LogP contribution in [-0.2, 0) is 4.74 Å². The van der Waals surface area contributed by atoms with E-state index in [4.69, 9.17) is 9.47 Å². The molecule has 118 valence electrons. The molecule has 1 aromatic rings. The third-order valence-corrected chi connectivity index (χ3v) is 3.67. The standard InChI is InChI=1S/C17H26O3S/c1-19-17(18)15-11-7-8-12-16(15)20-13-9-5-3-2-4-6-10-14-21/h7-8,11-12,21H,2-6,9-10,13-14H2,1H3. The average Bonchev–Trinajstić information content (AvgIpc) is 2.53. The van der Waals surface area contributed by atoms with Gasteiger partial charge in [0.2, 0.25) is 0 Å². The first-order valence-electron chi connectivity index (χ1n) is 7.70. The Bertz CT molecular complexity index is 407. The van der Waals surface area contributed by atoms with Gasteiger partial charge < -0.3 is 9.47 Å². The summed E-state index contributed by atoms with van der Waals surface area (Å²) >= 11 is 4.21. The molecule has 1 aromatic carbocycles. The van der Waals surface area contributed by atoms with Crippen LogP contribution in [0.2, 0.25) is 0 Å². The fraction of sp³-hybridized carbons (Fsp3) is 0.588. The maximum atomic E-state index is 11.6. The van der Waals surface area contributed by atoms with Crippen LogP contribution >= 0.6 is 12.6 Å². The molecule has 0 aliphatic carbocycles. The molecule has 4 heteroatoms. The van der Waals surface area contributed by atoms with E-state index in [-0.39, 0.29) is 5.97 Å². The van der Waals surface area contributed by atoms with Crippen molar-refractivity contribution in [3.8, 4) is 5.75 Å². The number of rotatable bonds is 11. The van der Waals surface area contributed by atoms with Crippen molar-refractivity contribution in [1.29, 1.82) is 0 Å². The highest BCUT2D eigenvalue weighted by molar-refractivity contribution is 7.80. The van der Waals surface area contributed by atoms with Crippen LogP contribution in [-0.4, -0.2) is 25.4 Å². The van der Waals surface area contributed by atoms with Gasteiger partial charge in [0.05, 0.1) is 13.7 Å². The van der Waals surface area contributed by atoms with Crippen molar-refractivity contribution < 1.29 is 14.3 Å². The first-order chi connectivity index (χ1) is 10.3. The van der Waals surface area contributed by atoms with Gasteiger partial charge in [-0.1, -0.05) is 44.2 Å². The van der Waals surface area contributed by atoms with Crippen LogP contribution in [0.15, 0.2) is 24.3 Å². The minimum absolute atomic E-state index is 0.352. The van der Waals surface area contributed by atoms with Crippen molar-refractivity contribution in [2.75, 3.05) is 19.5 Å². The highest BCUT2D eigenvalue weighted by Gasteiger charge is 2.11. The molecule has 0 aliphatic heterocycles. The number of carbonyl (C=O) groups excluding carboxylic acids is 1. The molecule has 0 aliphatic rings. The van der Waals surface area contributed by atoms with Gasteiger partial charge in [-0.25, -0.2) is 4.79 Å². The quantitative estimate of drug-likeness (QED) is 0.371. The summed E-state index contributed by atoms with van der Waals surface area (Å²) in [6.45, 7) is 0.643. The molecule has 0 saturated heterocycles. The summed E-state index contributed by atoms with van der Waals surface area (Å²) in [5.74, 6) is 1.25. The van der Waals surface area contributed by atoms with E-state index in [0.717, 1.165) is 12.2 Å². The Kier molecular flexibility index (Phi) is 9.79. The van der Waals surface area contributed by atoms with Gasteiger partial charge in [0.1, 0.15) is 11.3 Å². The average molecular weight is 310 g/mol. The van der Waals surface area contributed by atoms with Gasteiger partial charge in [-0.3, -0.25) is 0 Å². The van der Waals surface area contributed by atoms with E-state index in [2.05, 4.69) is 12.6 Å². The minimum Gasteiger partial charge on any atom is -0.493 e. The number of methoxy groups -OCH3 is 1. The van der Waals surface area contributed by atoms with E-state index in [9.17, 15) is 4.79 Å². The van der Waals surface area contributed by atoms with Crippen molar-refractivity contribution in [2.24, 2.45) is 0 Å². The molecule has 0 amide bonds. The number of ether oxygens (including phenoxy) is 2. The van der Waals surface area contributed by atoms with Crippen LogP contribution in [0.1, 0.15) is 55.3 Å². The lowest BCUT2D eigenvalue weighted by Crippen LogP contribution is -2.06. The highest BCUT2D eigenvalue weighted by Crippen LogP contribution is 2.19. The maximum absolute atomic E-state index is 11.6. The molecule has 0 N–H and O–H groups in total. The molecule has 0 bridgehead atoms. The molecule has 3 nitrogen and oxygen atoms in total. The van der Waals surface area contributed by atoms with E-state index < -0.39 is 0 Å². The van der Waals surface area contributed by atoms with Gasteiger partial charge in [-0.2, -0.15) is 12.6 Å². The van der Waals surface area contributed by atoms with Crippen LogP contribution in [0.4, 0.5) is 0 Å². The summed E-state index contributed by atoms with van der Waals surface area (Å²) in [5.41, 5.74) is 0.492. The van der Waals surface area contributed by atoms with Gasteiger partial charge in [-0.05, 0) is 30.7 Å². The highest BCUT2D eigenvalue weighted by atomic mass is 32.1. The van der Waals surface area contributed by atoms with Crippen LogP contribution in [0.25, 0.3) is 0 Å². The lowest BCUT2D eigenvalue weighted by atomic mass is 10.1. The van der Waals surface area contributed by atoms with E-state index in [1.165, 1.54) is 45.6 Å². The Hall–Kier alpha value is -1.16. The summed E-state index contributed by atoms with van der Waals surface area (Å²) in [6, 6.07) is 7.21. The summed E-state index contributed by atoms with van der Waals surface area (Å²) < 4.78 is 10.4. The number of hydrogen-bond acceptors (Lipinski definition) is 4. The molecule has 0 radical (unpaired) electrons. The lowest BCUT2D eigenvalue weighted by molar-refractivity contribution is 0.0596. The zero-order valence-electron chi connectivity index (χ0n) is 12.8. The van der Waals surface area contributed by atoms with Gasteiger partial charge in [0.15, 0.2) is 0 Å². The van der Waals surface area contributed by atoms with Crippen LogP contribution in [0.3, 0.4) is 0 Å². The fourth-order valence-corrected chi connectivity index (χ4v) is 2.37. The van der Waals surface area contributed by atoms with E-state index in [1.54, 1.807) is 6.07 Å². The Morgan fingerprint density at radius 3 is 2.29 bits per heavy atom. The molecule has 0 fully saturated rings. The summed E-state index contributed by atoms with van der Waals surface area (Å²) in [6.07, 6.45) is 8.51. The zero-order chi connectivity index (χ0) is 15.3. The maximum Gasteiger partial charge on any atom is 0.341 e. The largest absolute Gasteiger partial charge is 0.493 e. The number of esters is 1. The van der Waals surface area contributed by atoms with Crippen molar-refractivity contribution in [2.45, 2.75) is 44.9 Å². The van der Waals surface area contributed by atoms with Crippen LogP contribution < -0.4 is 4.74 Å². The number of hydrogen-bond donors (Lipinski definition) is 1. The van der Waals surface area contributed by atoms with E-state index in [1.807, 2.05) is 18.2 Å². The van der Waals surface area contributed by atoms with Gasteiger partial charge in [0, 0.05) is 0 Å². The minimum atomic E-state index is -0.352. The molecule has 1 rings (SSSR count). The number of benzene rings is 1. The van der Waals surface area contributed by atoms with E-state index >= 15 is 0 Å². The topological polar surface area (TPSA) is 35.5 Å². The molecular weight excluding hydrogens is 284 g/mol. The van der Waals surface area contributed by atoms with Gasteiger partial charge in [0.25, 0.3) is 0 Å². The Morgan fingerprint density at radius 2 is 1.62 bits per heavy atom. The summed E-state index contributed by atoms with van der Waals surface area (Å²) in [4.78, 5) is 11.6. The number of thiol groups is 1. The predicted octanol–water partition coefficient (Wildman–Crippen LogP) is 4.51. The summed E-state index contributed by atoms with van der Waals surface area (Å²) in [7, 11) is 1.38. The fourth-order valence-electron chi connectivity index (χ4n) is 2.15. The monoisotopic (exact) mass is 310 g/mol. The predicted molar refractivity (Wildman–Crippen MR) is 89.4 cm³/mol. The van der Waals surface area contributed by atoms with Gasteiger partial charge in [-0.15, -0.1) is 0 Å². The lowest BCUT2D eigenvalue weighted by Gasteiger charge is -2.09.